The van der Waals surface area contributed by atoms with Crippen molar-refractivity contribution in [1.82, 2.24) is 0 Å². The molecule has 0 saturated heterocycles. The summed E-state index contributed by atoms with van der Waals surface area (Å²) in [6.07, 6.45) is 58.5. The SMILES string of the molecule is CCCCCCCCCCCCCCCCCCCCCCCCC(=O)O[C@H](COC(=O)CCCCCCCCCCCCCCC)COP(=O)(O)OC[C@@H](O)COP(=O)(O)OC[C@@H](COC(=O)CCCCCCCCCC(C)C)OC(=O)CCCCCCCCCCCC(C)C. The van der Waals surface area contributed by atoms with Crippen LogP contribution in [0.4, 0.5) is 0 Å². The molecule has 0 aromatic rings. The van der Waals surface area contributed by atoms with Crippen LogP contribution in [0.2, 0.25) is 0 Å². The van der Waals surface area contributed by atoms with E-state index in [0.29, 0.717) is 31.6 Å². The molecule has 3 N–H and O–H groups in total. The summed E-state index contributed by atoms with van der Waals surface area (Å²) in [5.41, 5.74) is 0. The Morgan fingerprint density at radius 3 is 0.701 bits per heavy atom. The molecule has 0 aliphatic carbocycles. The van der Waals surface area contributed by atoms with Crippen LogP contribution in [0.25, 0.3) is 0 Å². The fourth-order valence-electron chi connectivity index (χ4n) is 12.0. The number of esters is 4. The predicted molar refractivity (Wildman–Crippen MR) is 395 cm³/mol. The molecule has 0 rings (SSSR count). The number of unbranched alkanes of at least 4 members (excludes halogenated alkanes) is 47. The summed E-state index contributed by atoms with van der Waals surface area (Å²) < 4.78 is 68.5. The molecule has 0 radical (unpaired) electrons. The topological polar surface area (TPSA) is 237 Å². The van der Waals surface area contributed by atoms with E-state index in [-0.39, 0.29) is 25.7 Å². The third kappa shape index (κ3) is 72.2. The standard InChI is InChI=1S/C78H152O17P2/c1-7-9-11-13-15-17-19-21-22-23-24-25-26-27-28-29-31-33-37-43-50-56-62-77(82)94-73(66-88-75(80)60-54-48-42-36-32-30-20-18-16-14-12-10-8-2)68-92-96(84,85)90-64-72(79)65-91-97(86,87)93-69-74(67-89-76(81)61-55-49-45-39-41-47-53-59-71(5)6)95-78(83)63-57-51-44-38-34-35-40-46-52-58-70(3)4/h70-74,79H,7-69H2,1-6H3,(H,84,85)(H,86,87)/t72-,73-,74-/m1/s1. The fourth-order valence-corrected chi connectivity index (χ4v) is 13.6. The summed E-state index contributed by atoms with van der Waals surface area (Å²) >= 11 is 0. The summed E-state index contributed by atoms with van der Waals surface area (Å²) in [6, 6.07) is 0. The molecular weight excluding hydrogens is 1270 g/mol. The van der Waals surface area contributed by atoms with Gasteiger partial charge in [-0.1, -0.05) is 356 Å². The van der Waals surface area contributed by atoms with E-state index in [1.807, 2.05) is 0 Å². The van der Waals surface area contributed by atoms with E-state index in [0.717, 1.165) is 102 Å². The molecule has 576 valence electrons. The molecule has 0 heterocycles. The minimum atomic E-state index is -4.96. The van der Waals surface area contributed by atoms with Gasteiger partial charge in [0.25, 0.3) is 0 Å². The highest BCUT2D eigenvalue weighted by molar-refractivity contribution is 7.47. The second-order valence-corrected chi connectivity index (χ2v) is 32.0. The van der Waals surface area contributed by atoms with Gasteiger partial charge in [0.15, 0.2) is 12.2 Å². The van der Waals surface area contributed by atoms with Gasteiger partial charge in [0, 0.05) is 25.7 Å². The maximum Gasteiger partial charge on any atom is 0.472 e. The van der Waals surface area contributed by atoms with Gasteiger partial charge >= 0.3 is 39.5 Å². The fraction of sp³-hybridized carbons (Fsp3) is 0.949. The Balaban J connectivity index is 5.18. The van der Waals surface area contributed by atoms with Gasteiger partial charge in [-0.25, -0.2) is 9.13 Å². The Bertz CT molecular complexity index is 1870. The monoisotopic (exact) mass is 1420 g/mol. The van der Waals surface area contributed by atoms with Gasteiger partial charge < -0.3 is 33.8 Å². The van der Waals surface area contributed by atoms with Crippen molar-refractivity contribution in [3.8, 4) is 0 Å². The van der Waals surface area contributed by atoms with Crippen LogP contribution in [0.1, 0.15) is 408 Å². The predicted octanol–water partition coefficient (Wildman–Crippen LogP) is 23.1. The lowest BCUT2D eigenvalue weighted by Gasteiger charge is -2.21. The van der Waals surface area contributed by atoms with Gasteiger partial charge in [0.05, 0.1) is 26.4 Å². The molecule has 97 heavy (non-hydrogen) atoms. The minimum Gasteiger partial charge on any atom is -0.462 e. The van der Waals surface area contributed by atoms with E-state index in [2.05, 4.69) is 41.5 Å². The first kappa shape index (κ1) is 95.1. The van der Waals surface area contributed by atoms with Crippen molar-refractivity contribution in [2.24, 2.45) is 11.8 Å². The molecule has 0 aliphatic heterocycles. The quantitative estimate of drug-likeness (QED) is 0.0222. The number of carbonyl (C=O) groups is 4. The van der Waals surface area contributed by atoms with Crippen molar-refractivity contribution in [2.75, 3.05) is 39.6 Å². The van der Waals surface area contributed by atoms with Crippen LogP contribution < -0.4 is 0 Å². The highest BCUT2D eigenvalue weighted by Crippen LogP contribution is 2.45. The molecule has 0 amide bonds. The summed E-state index contributed by atoms with van der Waals surface area (Å²) in [5, 5.41) is 10.6. The molecule has 19 heteroatoms. The Kier molecular flexibility index (Phi) is 68.4. The first-order valence-electron chi connectivity index (χ1n) is 40.5. The number of carbonyl (C=O) groups excluding carboxylic acids is 4. The number of hydrogen-bond donors (Lipinski definition) is 3. The van der Waals surface area contributed by atoms with Crippen LogP contribution in [0.3, 0.4) is 0 Å². The highest BCUT2D eigenvalue weighted by atomic mass is 31.2. The number of phosphoric ester groups is 2. The Hall–Kier alpha value is -1.94. The van der Waals surface area contributed by atoms with Crippen LogP contribution >= 0.6 is 15.6 Å². The van der Waals surface area contributed by atoms with Gasteiger partial charge in [-0.3, -0.25) is 37.3 Å². The van der Waals surface area contributed by atoms with Crippen LogP contribution in [0.15, 0.2) is 0 Å². The lowest BCUT2D eigenvalue weighted by Crippen LogP contribution is -2.30. The first-order valence-corrected chi connectivity index (χ1v) is 43.5. The molecule has 0 spiro atoms. The Morgan fingerprint density at radius 2 is 0.474 bits per heavy atom. The number of rotatable bonds is 77. The molecular formula is C78H152O17P2. The van der Waals surface area contributed by atoms with Gasteiger partial charge in [-0.05, 0) is 37.5 Å². The second kappa shape index (κ2) is 69.8. The summed E-state index contributed by atoms with van der Waals surface area (Å²) in [5.74, 6) is -0.675. The van der Waals surface area contributed by atoms with Gasteiger partial charge in [-0.15, -0.1) is 0 Å². The molecule has 0 bridgehead atoms. The summed E-state index contributed by atoms with van der Waals surface area (Å²) in [7, 11) is -9.91. The number of aliphatic hydroxyl groups is 1. The Labute approximate surface area is 594 Å². The molecule has 0 saturated carbocycles. The first-order chi connectivity index (χ1) is 46.9. The zero-order valence-electron chi connectivity index (χ0n) is 63.4. The van der Waals surface area contributed by atoms with Crippen molar-refractivity contribution in [1.29, 1.82) is 0 Å². The molecule has 2 unspecified atom stereocenters. The molecule has 17 nitrogen and oxygen atoms in total. The highest BCUT2D eigenvalue weighted by Gasteiger charge is 2.30. The molecule has 5 atom stereocenters. The van der Waals surface area contributed by atoms with Crippen molar-refractivity contribution in [2.45, 2.75) is 426 Å². The van der Waals surface area contributed by atoms with Gasteiger partial charge in [0.2, 0.25) is 0 Å². The third-order valence-corrected chi connectivity index (χ3v) is 20.1. The van der Waals surface area contributed by atoms with Gasteiger partial charge in [-0.2, -0.15) is 0 Å². The third-order valence-electron chi connectivity index (χ3n) is 18.2. The van der Waals surface area contributed by atoms with Gasteiger partial charge in [0.1, 0.15) is 19.3 Å². The number of phosphoric acid groups is 2. The second-order valence-electron chi connectivity index (χ2n) is 29.1. The number of hydrogen-bond acceptors (Lipinski definition) is 15. The van der Waals surface area contributed by atoms with Crippen molar-refractivity contribution >= 4 is 39.5 Å². The lowest BCUT2D eigenvalue weighted by atomic mass is 10.0. The summed E-state index contributed by atoms with van der Waals surface area (Å²) in [6.45, 7) is 9.52. The van der Waals surface area contributed by atoms with E-state index in [1.54, 1.807) is 0 Å². The van der Waals surface area contributed by atoms with E-state index in [9.17, 15) is 43.2 Å². The number of ether oxygens (including phenoxy) is 4. The summed E-state index contributed by atoms with van der Waals surface area (Å²) in [4.78, 5) is 72.8. The zero-order chi connectivity index (χ0) is 71.4. The molecule has 0 aliphatic rings. The van der Waals surface area contributed by atoms with Crippen molar-refractivity contribution in [3.63, 3.8) is 0 Å². The smallest absolute Gasteiger partial charge is 0.462 e. The molecule has 0 fully saturated rings. The average Bonchev–Trinajstić information content (AvgIpc) is 1.78. The van der Waals surface area contributed by atoms with Crippen LogP contribution in [-0.4, -0.2) is 96.7 Å². The largest absolute Gasteiger partial charge is 0.472 e. The Morgan fingerprint density at radius 1 is 0.278 bits per heavy atom. The van der Waals surface area contributed by atoms with Crippen molar-refractivity contribution < 1.29 is 80.2 Å². The van der Waals surface area contributed by atoms with E-state index >= 15 is 0 Å². The molecule has 0 aromatic carbocycles. The van der Waals surface area contributed by atoms with Crippen LogP contribution in [0.5, 0.6) is 0 Å². The minimum absolute atomic E-state index is 0.105. The van der Waals surface area contributed by atoms with E-state index in [4.69, 9.17) is 37.0 Å². The molecule has 0 aromatic heterocycles. The van der Waals surface area contributed by atoms with Crippen LogP contribution in [0, 0.1) is 11.8 Å². The van der Waals surface area contributed by atoms with Crippen LogP contribution in [-0.2, 0) is 65.4 Å². The zero-order valence-corrected chi connectivity index (χ0v) is 65.2. The maximum absolute atomic E-state index is 13.1. The van der Waals surface area contributed by atoms with E-state index in [1.165, 1.54) is 218 Å². The van der Waals surface area contributed by atoms with Crippen molar-refractivity contribution in [3.05, 3.63) is 0 Å². The normalized spacial score (nSPS) is 14.0. The average molecular weight is 1420 g/mol. The number of aliphatic hydroxyl groups excluding tert-OH is 1. The lowest BCUT2D eigenvalue weighted by molar-refractivity contribution is -0.161. The van der Waals surface area contributed by atoms with E-state index < -0.39 is 97.5 Å². The maximum atomic E-state index is 13.1.